The highest BCUT2D eigenvalue weighted by Gasteiger charge is 2.14. The Morgan fingerprint density at radius 2 is 2.00 bits per heavy atom. The SMILES string of the molecule is CC(C)(C)NC(=O)Nc1cccc2[nH]ccc12. The highest BCUT2D eigenvalue weighted by atomic mass is 16.2. The zero-order valence-corrected chi connectivity index (χ0v) is 10.3. The first kappa shape index (κ1) is 11.5. The molecule has 0 saturated heterocycles. The van der Waals surface area contributed by atoms with Gasteiger partial charge in [-0.25, -0.2) is 4.79 Å². The number of nitrogens with one attached hydrogen (secondary N) is 3. The summed E-state index contributed by atoms with van der Waals surface area (Å²) in [5.74, 6) is 0. The highest BCUT2D eigenvalue weighted by Crippen LogP contribution is 2.22. The number of rotatable bonds is 1. The van der Waals surface area contributed by atoms with E-state index in [1.54, 1.807) is 0 Å². The Balaban J connectivity index is 2.18. The number of aromatic amines is 1. The molecule has 0 aliphatic heterocycles. The molecule has 17 heavy (non-hydrogen) atoms. The van der Waals surface area contributed by atoms with Gasteiger partial charge < -0.3 is 15.6 Å². The lowest BCUT2D eigenvalue weighted by Gasteiger charge is -2.20. The number of anilines is 1. The van der Waals surface area contributed by atoms with E-state index in [1.165, 1.54) is 0 Å². The van der Waals surface area contributed by atoms with E-state index in [0.29, 0.717) is 0 Å². The van der Waals surface area contributed by atoms with Crippen molar-refractivity contribution in [2.24, 2.45) is 0 Å². The van der Waals surface area contributed by atoms with Crippen molar-refractivity contribution in [2.45, 2.75) is 26.3 Å². The third-order valence-electron chi connectivity index (χ3n) is 2.33. The topological polar surface area (TPSA) is 56.9 Å². The number of carbonyl (C=O) groups excluding carboxylic acids is 1. The van der Waals surface area contributed by atoms with Crippen molar-refractivity contribution in [1.29, 1.82) is 0 Å². The largest absolute Gasteiger partial charge is 0.361 e. The van der Waals surface area contributed by atoms with Gasteiger partial charge in [0.25, 0.3) is 0 Å². The van der Waals surface area contributed by atoms with Gasteiger partial charge in [0.15, 0.2) is 0 Å². The highest BCUT2D eigenvalue weighted by molar-refractivity contribution is 6.00. The maximum atomic E-state index is 11.8. The van der Waals surface area contributed by atoms with Crippen LogP contribution in [-0.2, 0) is 0 Å². The second-order valence-electron chi connectivity index (χ2n) is 5.07. The van der Waals surface area contributed by atoms with Crippen LogP contribution >= 0.6 is 0 Å². The summed E-state index contributed by atoms with van der Waals surface area (Å²) >= 11 is 0. The average molecular weight is 231 g/mol. The quantitative estimate of drug-likeness (QED) is 0.694. The van der Waals surface area contributed by atoms with Crippen LogP contribution < -0.4 is 10.6 Å². The molecule has 2 rings (SSSR count). The normalized spacial score (nSPS) is 11.5. The van der Waals surface area contributed by atoms with Crippen molar-refractivity contribution in [1.82, 2.24) is 10.3 Å². The van der Waals surface area contributed by atoms with Gasteiger partial charge in [0.1, 0.15) is 0 Å². The Bertz CT molecular complexity index is 537. The number of fused-ring (bicyclic) bond motifs is 1. The zero-order valence-electron chi connectivity index (χ0n) is 10.3. The van der Waals surface area contributed by atoms with Gasteiger partial charge in [0.2, 0.25) is 0 Å². The summed E-state index contributed by atoms with van der Waals surface area (Å²) in [4.78, 5) is 14.9. The molecule has 0 fully saturated rings. The van der Waals surface area contributed by atoms with Gasteiger partial charge >= 0.3 is 6.03 Å². The van der Waals surface area contributed by atoms with E-state index in [-0.39, 0.29) is 11.6 Å². The second kappa shape index (κ2) is 4.13. The first-order valence-corrected chi connectivity index (χ1v) is 5.61. The van der Waals surface area contributed by atoms with Crippen molar-refractivity contribution < 1.29 is 4.79 Å². The molecule has 3 N–H and O–H groups in total. The van der Waals surface area contributed by atoms with E-state index < -0.39 is 0 Å². The molecule has 2 amide bonds. The van der Waals surface area contributed by atoms with Crippen molar-refractivity contribution in [3.05, 3.63) is 30.5 Å². The Labute approximate surface area is 100 Å². The molecule has 1 heterocycles. The standard InChI is InChI=1S/C13H17N3O/c1-13(2,3)16-12(17)15-11-6-4-5-10-9(11)7-8-14-10/h4-8,14H,1-3H3,(H2,15,16,17). The lowest BCUT2D eigenvalue weighted by molar-refractivity contribution is 0.244. The fraction of sp³-hybridized carbons (Fsp3) is 0.308. The van der Waals surface area contributed by atoms with E-state index >= 15 is 0 Å². The fourth-order valence-corrected chi connectivity index (χ4v) is 1.69. The smallest absolute Gasteiger partial charge is 0.319 e. The molecule has 0 radical (unpaired) electrons. The molecule has 90 valence electrons. The van der Waals surface area contributed by atoms with Crippen molar-refractivity contribution >= 4 is 22.6 Å². The van der Waals surface area contributed by atoms with Crippen LogP contribution in [0.3, 0.4) is 0 Å². The molecule has 4 heteroatoms. The lowest BCUT2D eigenvalue weighted by atomic mass is 10.1. The third-order valence-corrected chi connectivity index (χ3v) is 2.33. The predicted molar refractivity (Wildman–Crippen MR) is 70.2 cm³/mol. The van der Waals surface area contributed by atoms with Crippen LogP contribution in [0.25, 0.3) is 10.9 Å². The molecule has 0 aliphatic carbocycles. The number of urea groups is 1. The Morgan fingerprint density at radius 3 is 2.71 bits per heavy atom. The molecule has 1 aromatic carbocycles. The van der Waals surface area contributed by atoms with Crippen LogP contribution in [0.1, 0.15) is 20.8 Å². The molecule has 0 aliphatic rings. The van der Waals surface area contributed by atoms with E-state index in [9.17, 15) is 4.79 Å². The van der Waals surface area contributed by atoms with Crippen molar-refractivity contribution in [2.75, 3.05) is 5.32 Å². The summed E-state index contributed by atoms with van der Waals surface area (Å²) < 4.78 is 0. The van der Waals surface area contributed by atoms with Crippen LogP contribution in [0.5, 0.6) is 0 Å². The minimum absolute atomic E-state index is 0.189. The Morgan fingerprint density at radius 1 is 1.24 bits per heavy atom. The Hall–Kier alpha value is -1.97. The molecule has 0 atom stereocenters. The minimum atomic E-state index is -0.240. The minimum Gasteiger partial charge on any atom is -0.361 e. The van der Waals surface area contributed by atoms with Gasteiger partial charge in [-0.05, 0) is 39.0 Å². The summed E-state index contributed by atoms with van der Waals surface area (Å²) in [5, 5.41) is 6.73. The van der Waals surface area contributed by atoms with Crippen LogP contribution in [-0.4, -0.2) is 16.6 Å². The molecule has 0 bridgehead atoms. The van der Waals surface area contributed by atoms with Gasteiger partial charge in [-0.3, -0.25) is 0 Å². The number of amides is 2. The third kappa shape index (κ3) is 2.78. The second-order valence-corrected chi connectivity index (χ2v) is 5.07. The van der Waals surface area contributed by atoms with Crippen LogP contribution in [0.4, 0.5) is 10.5 Å². The first-order chi connectivity index (χ1) is 7.96. The number of H-pyrrole nitrogens is 1. The van der Waals surface area contributed by atoms with Crippen LogP contribution in [0, 0.1) is 0 Å². The van der Waals surface area contributed by atoms with Gasteiger partial charge in [0, 0.05) is 22.6 Å². The van der Waals surface area contributed by atoms with Crippen molar-refractivity contribution in [3.8, 4) is 0 Å². The average Bonchev–Trinajstić information content (AvgIpc) is 2.63. The van der Waals surface area contributed by atoms with E-state index in [0.717, 1.165) is 16.6 Å². The van der Waals surface area contributed by atoms with E-state index in [2.05, 4.69) is 15.6 Å². The molecule has 0 spiro atoms. The summed E-state index contributed by atoms with van der Waals surface area (Å²) in [5.41, 5.74) is 1.58. The lowest BCUT2D eigenvalue weighted by Crippen LogP contribution is -2.43. The van der Waals surface area contributed by atoms with Crippen LogP contribution in [0.15, 0.2) is 30.5 Å². The number of hydrogen-bond acceptors (Lipinski definition) is 1. The molecule has 0 saturated carbocycles. The molecule has 1 aromatic heterocycles. The molecular formula is C13H17N3O. The summed E-state index contributed by atoms with van der Waals surface area (Å²) in [6, 6.07) is 7.53. The molecular weight excluding hydrogens is 214 g/mol. The van der Waals surface area contributed by atoms with E-state index in [1.807, 2.05) is 51.2 Å². The summed E-state index contributed by atoms with van der Waals surface area (Å²) in [6.45, 7) is 5.84. The van der Waals surface area contributed by atoms with Crippen molar-refractivity contribution in [3.63, 3.8) is 0 Å². The Kier molecular flexibility index (Phi) is 2.79. The predicted octanol–water partition coefficient (Wildman–Crippen LogP) is 3.09. The van der Waals surface area contributed by atoms with Crippen LogP contribution in [0.2, 0.25) is 0 Å². The summed E-state index contributed by atoms with van der Waals surface area (Å²) in [6.07, 6.45) is 1.86. The molecule has 0 unspecified atom stereocenters. The maximum Gasteiger partial charge on any atom is 0.319 e. The molecule has 4 nitrogen and oxygen atoms in total. The van der Waals surface area contributed by atoms with Gasteiger partial charge in [-0.15, -0.1) is 0 Å². The zero-order chi connectivity index (χ0) is 12.5. The van der Waals surface area contributed by atoms with Gasteiger partial charge in [-0.1, -0.05) is 6.07 Å². The fourth-order valence-electron chi connectivity index (χ4n) is 1.69. The number of benzene rings is 1. The number of aromatic nitrogens is 1. The number of carbonyl (C=O) groups is 1. The summed E-state index contributed by atoms with van der Waals surface area (Å²) in [7, 11) is 0. The number of hydrogen-bond donors (Lipinski definition) is 3. The van der Waals surface area contributed by atoms with E-state index in [4.69, 9.17) is 0 Å². The first-order valence-electron chi connectivity index (χ1n) is 5.61. The van der Waals surface area contributed by atoms with Gasteiger partial charge in [-0.2, -0.15) is 0 Å². The van der Waals surface area contributed by atoms with Gasteiger partial charge in [0.05, 0.1) is 5.69 Å². The maximum absolute atomic E-state index is 11.8. The monoisotopic (exact) mass is 231 g/mol. The molecule has 2 aromatic rings.